The summed E-state index contributed by atoms with van der Waals surface area (Å²) in [6.07, 6.45) is 6.04. The molecule has 5 heterocycles. The van der Waals surface area contributed by atoms with Gasteiger partial charge in [0.2, 0.25) is 0 Å². The first-order chi connectivity index (χ1) is 14.9. The highest BCUT2D eigenvalue weighted by Gasteiger charge is 2.44. The van der Waals surface area contributed by atoms with E-state index in [4.69, 9.17) is 23.2 Å². The van der Waals surface area contributed by atoms with Crippen molar-refractivity contribution < 1.29 is 9.90 Å². The van der Waals surface area contributed by atoms with Crippen LogP contribution in [0.25, 0.3) is 11.5 Å². The number of anilines is 2. The lowest BCUT2D eigenvalue weighted by atomic mass is 9.90. The van der Waals surface area contributed by atoms with Gasteiger partial charge in [-0.1, -0.05) is 23.2 Å². The summed E-state index contributed by atoms with van der Waals surface area (Å²) in [4.78, 5) is 24.4. The summed E-state index contributed by atoms with van der Waals surface area (Å²) in [6.45, 7) is 1.87. The summed E-state index contributed by atoms with van der Waals surface area (Å²) in [7, 11) is 0. The molecule has 13 heteroatoms. The van der Waals surface area contributed by atoms with E-state index >= 15 is 0 Å². The fraction of sp³-hybridized carbons (Fsp3) is 0.222. The Kier molecular flexibility index (Phi) is 4.54. The third kappa shape index (κ3) is 3.17. The van der Waals surface area contributed by atoms with Crippen LogP contribution in [0.15, 0.2) is 36.9 Å². The summed E-state index contributed by atoms with van der Waals surface area (Å²) in [5.74, 6) is 0.339. The number of hydrogen-bond acceptors (Lipinski definition) is 7. The van der Waals surface area contributed by atoms with Crippen molar-refractivity contribution in [1.82, 2.24) is 34.6 Å². The molecule has 1 aliphatic heterocycles. The van der Waals surface area contributed by atoms with Crippen molar-refractivity contribution >= 4 is 46.3 Å². The van der Waals surface area contributed by atoms with Crippen LogP contribution in [0.3, 0.4) is 0 Å². The molecule has 0 radical (unpaired) electrons. The van der Waals surface area contributed by atoms with Crippen LogP contribution < -0.4 is 10.2 Å². The van der Waals surface area contributed by atoms with Crippen molar-refractivity contribution in [2.24, 2.45) is 0 Å². The Labute approximate surface area is 185 Å². The fourth-order valence-corrected chi connectivity index (χ4v) is 4.05. The second kappa shape index (κ2) is 7.15. The molecule has 31 heavy (non-hydrogen) atoms. The summed E-state index contributed by atoms with van der Waals surface area (Å²) >= 11 is 12.3. The second-order valence-electron chi connectivity index (χ2n) is 7.31. The minimum atomic E-state index is -0.755. The molecule has 2 N–H and O–H groups in total. The number of aliphatic hydroxyl groups is 1. The van der Waals surface area contributed by atoms with E-state index in [1.165, 1.54) is 28.3 Å². The molecule has 5 rings (SSSR count). The molecule has 0 saturated carbocycles. The van der Waals surface area contributed by atoms with Crippen LogP contribution in [0.5, 0.6) is 0 Å². The van der Waals surface area contributed by atoms with E-state index in [0.717, 1.165) is 0 Å². The highest BCUT2D eigenvalue weighted by atomic mass is 35.5. The summed E-state index contributed by atoms with van der Waals surface area (Å²) < 4.78 is 1.56. The zero-order valence-corrected chi connectivity index (χ0v) is 17.6. The third-order valence-corrected chi connectivity index (χ3v) is 5.54. The van der Waals surface area contributed by atoms with Crippen LogP contribution in [0.4, 0.5) is 16.2 Å². The second-order valence-corrected chi connectivity index (χ2v) is 8.11. The Morgan fingerprint density at radius 2 is 2.00 bits per heavy atom. The van der Waals surface area contributed by atoms with Crippen LogP contribution in [0, 0.1) is 0 Å². The average molecular weight is 460 g/mol. The number of pyridine rings is 1. The standard InChI is InChI=1S/C18H15Cl2N9O2/c1-18(9-30)8-27(12-7-21-14-5-13(20)26-28(14)15(12)18)17(31)25-10-4-11(19)16(22-6-10)29-23-2-3-24-29/h2-7,30H,8-9H2,1H3,(H,25,31). The number of fused-ring (bicyclic) bond motifs is 3. The quantitative estimate of drug-likeness (QED) is 0.481. The Bertz CT molecular complexity index is 1310. The predicted molar refractivity (Wildman–Crippen MR) is 113 cm³/mol. The van der Waals surface area contributed by atoms with E-state index in [1.54, 1.807) is 22.8 Å². The van der Waals surface area contributed by atoms with Gasteiger partial charge in [0.1, 0.15) is 0 Å². The molecular formula is C18H15Cl2N9O2. The number of rotatable bonds is 3. The van der Waals surface area contributed by atoms with Crippen LogP contribution >= 0.6 is 23.2 Å². The zero-order chi connectivity index (χ0) is 21.8. The third-order valence-electron chi connectivity index (χ3n) is 5.08. The van der Waals surface area contributed by atoms with E-state index < -0.39 is 11.4 Å². The topological polar surface area (TPSA) is 126 Å². The van der Waals surface area contributed by atoms with Gasteiger partial charge >= 0.3 is 6.03 Å². The highest BCUT2D eigenvalue weighted by molar-refractivity contribution is 6.32. The smallest absolute Gasteiger partial charge is 0.326 e. The van der Waals surface area contributed by atoms with Crippen molar-refractivity contribution in [2.75, 3.05) is 23.4 Å². The molecule has 0 fully saturated rings. The lowest BCUT2D eigenvalue weighted by molar-refractivity contribution is 0.209. The number of aromatic nitrogens is 7. The molecule has 0 saturated heterocycles. The first kappa shape index (κ1) is 19.7. The number of nitrogens with zero attached hydrogens (tertiary/aromatic N) is 8. The van der Waals surface area contributed by atoms with E-state index in [0.29, 0.717) is 28.5 Å². The molecule has 1 atom stereocenters. The zero-order valence-electron chi connectivity index (χ0n) is 16.1. The number of nitrogens with one attached hydrogen (secondary N) is 1. The Morgan fingerprint density at radius 1 is 1.23 bits per heavy atom. The molecule has 4 aromatic rings. The summed E-state index contributed by atoms with van der Waals surface area (Å²) in [5, 5.41) is 25.7. The minimum absolute atomic E-state index is 0.195. The largest absolute Gasteiger partial charge is 0.395 e. The maximum absolute atomic E-state index is 13.1. The Morgan fingerprint density at radius 3 is 2.71 bits per heavy atom. The van der Waals surface area contributed by atoms with Crippen LogP contribution in [0.1, 0.15) is 12.6 Å². The lowest BCUT2D eigenvalue weighted by Gasteiger charge is -2.23. The fourth-order valence-electron chi connectivity index (χ4n) is 3.64. The molecule has 1 aliphatic rings. The first-order valence-electron chi connectivity index (χ1n) is 9.16. The van der Waals surface area contributed by atoms with Crippen molar-refractivity contribution in [3.63, 3.8) is 0 Å². The number of urea groups is 1. The maximum atomic E-state index is 13.1. The van der Waals surface area contributed by atoms with Crippen LogP contribution in [-0.4, -0.2) is 58.9 Å². The van der Waals surface area contributed by atoms with Gasteiger partial charge in [-0.15, -0.1) is 4.80 Å². The van der Waals surface area contributed by atoms with Gasteiger partial charge in [-0.3, -0.25) is 4.90 Å². The number of halogens is 2. The van der Waals surface area contributed by atoms with Gasteiger partial charge in [0.05, 0.1) is 58.9 Å². The van der Waals surface area contributed by atoms with Crippen molar-refractivity contribution in [3.8, 4) is 5.82 Å². The number of hydrogen-bond donors (Lipinski definition) is 2. The minimum Gasteiger partial charge on any atom is -0.395 e. The summed E-state index contributed by atoms with van der Waals surface area (Å²) in [6, 6.07) is 2.74. The SMILES string of the molecule is CC1(CO)CN(C(=O)Nc2cnc(-n3nccn3)c(Cl)c2)c2cnc3cc(Cl)nn3c21. The molecule has 11 nitrogen and oxygen atoms in total. The Balaban J connectivity index is 1.47. The molecule has 158 valence electrons. The van der Waals surface area contributed by atoms with Crippen LogP contribution in [0.2, 0.25) is 10.2 Å². The number of carbonyl (C=O) groups is 1. The van der Waals surface area contributed by atoms with E-state index in [2.05, 4.69) is 30.6 Å². The van der Waals surface area contributed by atoms with Gasteiger partial charge in [-0.25, -0.2) is 19.3 Å². The van der Waals surface area contributed by atoms with Gasteiger partial charge in [0.15, 0.2) is 16.6 Å². The monoisotopic (exact) mass is 459 g/mol. The molecule has 0 aromatic carbocycles. The van der Waals surface area contributed by atoms with Gasteiger partial charge in [-0.05, 0) is 13.0 Å². The van der Waals surface area contributed by atoms with E-state index in [-0.39, 0.29) is 23.3 Å². The van der Waals surface area contributed by atoms with E-state index in [1.807, 2.05) is 6.92 Å². The van der Waals surface area contributed by atoms with Crippen molar-refractivity contribution in [1.29, 1.82) is 0 Å². The maximum Gasteiger partial charge on any atom is 0.326 e. The lowest BCUT2D eigenvalue weighted by Crippen LogP contribution is -2.40. The molecule has 0 spiro atoms. The summed E-state index contributed by atoms with van der Waals surface area (Å²) in [5.41, 5.74) is 1.34. The molecule has 4 aromatic heterocycles. The molecular weight excluding hydrogens is 445 g/mol. The number of amides is 2. The molecule has 2 amide bonds. The molecule has 1 unspecified atom stereocenters. The number of carbonyl (C=O) groups excluding carboxylic acids is 1. The van der Waals surface area contributed by atoms with Gasteiger partial charge < -0.3 is 10.4 Å². The number of aliphatic hydroxyl groups excluding tert-OH is 1. The van der Waals surface area contributed by atoms with Crippen molar-refractivity contribution in [2.45, 2.75) is 12.3 Å². The molecule has 0 bridgehead atoms. The Hall–Kier alpha value is -3.28. The average Bonchev–Trinajstić information content (AvgIpc) is 3.45. The van der Waals surface area contributed by atoms with Crippen molar-refractivity contribution in [3.05, 3.63) is 52.8 Å². The van der Waals surface area contributed by atoms with Gasteiger partial charge in [0.25, 0.3) is 0 Å². The van der Waals surface area contributed by atoms with Crippen LogP contribution in [-0.2, 0) is 5.41 Å². The first-order valence-corrected chi connectivity index (χ1v) is 9.91. The normalized spacial score (nSPS) is 17.9. The predicted octanol–water partition coefficient (Wildman–Crippen LogP) is 2.31. The van der Waals surface area contributed by atoms with Gasteiger partial charge in [0, 0.05) is 12.6 Å². The molecule has 0 aliphatic carbocycles. The highest BCUT2D eigenvalue weighted by Crippen LogP contribution is 2.40. The van der Waals surface area contributed by atoms with E-state index in [9.17, 15) is 9.90 Å². The van der Waals surface area contributed by atoms with Gasteiger partial charge in [-0.2, -0.15) is 15.3 Å².